The third-order valence-electron chi connectivity index (χ3n) is 2.59. The Balaban J connectivity index is 2.40. The fourth-order valence-corrected chi connectivity index (χ4v) is 4.36. The minimum absolute atomic E-state index is 0.130. The van der Waals surface area contributed by atoms with Crippen molar-refractivity contribution in [3.63, 3.8) is 0 Å². The van der Waals surface area contributed by atoms with Gasteiger partial charge in [-0.3, -0.25) is 4.72 Å². The molecule has 2 aromatic rings. The van der Waals surface area contributed by atoms with Crippen LogP contribution >= 0.6 is 43.5 Å². The fraction of sp³-hybridized carbons (Fsp3) is 0.0769. The molecule has 0 aliphatic carbocycles. The van der Waals surface area contributed by atoms with Crippen LogP contribution in [-0.4, -0.2) is 15.5 Å². The summed E-state index contributed by atoms with van der Waals surface area (Å²) in [5.74, 6) is 0.394. The summed E-state index contributed by atoms with van der Waals surface area (Å²) in [6.45, 7) is 0. The van der Waals surface area contributed by atoms with E-state index >= 15 is 0 Å². The monoisotopic (exact) mass is 453 g/mol. The van der Waals surface area contributed by atoms with Crippen molar-refractivity contribution in [2.75, 3.05) is 11.8 Å². The molecule has 0 atom stereocenters. The van der Waals surface area contributed by atoms with Crippen molar-refractivity contribution in [2.45, 2.75) is 4.90 Å². The van der Waals surface area contributed by atoms with E-state index in [0.29, 0.717) is 25.4 Å². The zero-order valence-electron chi connectivity index (χ0n) is 10.7. The average molecular weight is 456 g/mol. The van der Waals surface area contributed by atoms with Gasteiger partial charge in [-0.25, -0.2) is 8.42 Å². The highest BCUT2D eigenvalue weighted by molar-refractivity contribution is 9.11. The molecule has 0 radical (unpaired) electrons. The van der Waals surface area contributed by atoms with Crippen LogP contribution in [0.2, 0.25) is 5.02 Å². The first-order valence-corrected chi connectivity index (χ1v) is 9.09. The third-order valence-corrected chi connectivity index (χ3v) is 5.77. The van der Waals surface area contributed by atoms with E-state index in [1.165, 1.54) is 19.2 Å². The van der Waals surface area contributed by atoms with Crippen molar-refractivity contribution in [2.24, 2.45) is 0 Å². The molecule has 0 fully saturated rings. The van der Waals surface area contributed by atoms with Crippen LogP contribution in [0.4, 0.5) is 5.69 Å². The second-order valence-electron chi connectivity index (χ2n) is 4.03. The second kappa shape index (κ2) is 6.56. The zero-order chi connectivity index (χ0) is 15.6. The molecule has 0 aliphatic rings. The lowest BCUT2D eigenvalue weighted by Gasteiger charge is -2.11. The van der Waals surface area contributed by atoms with Crippen molar-refractivity contribution < 1.29 is 13.2 Å². The van der Waals surface area contributed by atoms with Gasteiger partial charge in [0, 0.05) is 15.0 Å². The van der Waals surface area contributed by atoms with Gasteiger partial charge in [-0.15, -0.1) is 0 Å². The van der Waals surface area contributed by atoms with Gasteiger partial charge in [-0.2, -0.15) is 0 Å². The van der Waals surface area contributed by atoms with Gasteiger partial charge in [0.25, 0.3) is 10.0 Å². The number of methoxy groups -OCH3 is 1. The Labute approximate surface area is 144 Å². The molecule has 4 nitrogen and oxygen atoms in total. The van der Waals surface area contributed by atoms with E-state index in [2.05, 4.69) is 36.6 Å². The molecule has 0 unspecified atom stereocenters. The summed E-state index contributed by atoms with van der Waals surface area (Å²) < 4.78 is 33.5. The molecule has 112 valence electrons. The number of nitrogens with one attached hydrogen (secondary N) is 1. The minimum atomic E-state index is -3.73. The van der Waals surface area contributed by atoms with Crippen LogP contribution in [-0.2, 0) is 10.0 Å². The number of hydrogen-bond donors (Lipinski definition) is 1. The molecule has 0 amide bonds. The van der Waals surface area contributed by atoms with E-state index < -0.39 is 10.0 Å². The minimum Gasteiger partial charge on any atom is -0.495 e. The zero-order valence-corrected chi connectivity index (χ0v) is 15.5. The van der Waals surface area contributed by atoms with Crippen molar-refractivity contribution in [3.8, 4) is 5.75 Å². The first-order valence-electron chi connectivity index (χ1n) is 5.65. The fourth-order valence-electron chi connectivity index (χ4n) is 1.62. The molecule has 2 aromatic carbocycles. The van der Waals surface area contributed by atoms with E-state index in [-0.39, 0.29) is 4.90 Å². The smallest absolute Gasteiger partial charge is 0.263 e. The molecular formula is C13H10Br2ClNO3S. The molecule has 2 rings (SSSR count). The Kier molecular flexibility index (Phi) is 5.19. The normalized spacial score (nSPS) is 11.2. The molecule has 0 bridgehead atoms. The SMILES string of the molecule is COc1cc(NS(=O)(=O)c2cc(Br)ccc2Br)ccc1Cl. The molecule has 8 heteroatoms. The largest absolute Gasteiger partial charge is 0.495 e. The number of anilines is 1. The lowest BCUT2D eigenvalue weighted by atomic mass is 10.3. The number of benzene rings is 2. The van der Waals surface area contributed by atoms with E-state index in [0.717, 1.165) is 0 Å². The van der Waals surface area contributed by atoms with Gasteiger partial charge in [0.05, 0.1) is 17.8 Å². The first-order chi connectivity index (χ1) is 9.83. The number of hydrogen-bond acceptors (Lipinski definition) is 3. The summed E-state index contributed by atoms with van der Waals surface area (Å²) >= 11 is 12.4. The molecule has 0 aliphatic heterocycles. The van der Waals surface area contributed by atoms with Gasteiger partial charge in [0.15, 0.2) is 0 Å². The van der Waals surface area contributed by atoms with Crippen molar-refractivity contribution in [1.29, 1.82) is 0 Å². The highest BCUT2D eigenvalue weighted by atomic mass is 79.9. The molecule has 21 heavy (non-hydrogen) atoms. The highest BCUT2D eigenvalue weighted by Gasteiger charge is 2.18. The third kappa shape index (κ3) is 3.91. The summed E-state index contributed by atoms with van der Waals surface area (Å²) in [6, 6.07) is 9.56. The Morgan fingerprint density at radius 1 is 1.14 bits per heavy atom. The van der Waals surface area contributed by atoms with Crippen LogP contribution in [0.15, 0.2) is 50.2 Å². The van der Waals surface area contributed by atoms with Gasteiger partial charge < -0.3 is 4.74 Å². The van der Waals surface area contributed by atoms with Gasteiger partial charge in [0.1, 0.15) is 10.6 Å². The number of halogens is 3. The summed E-state index contributed by atoms with van der Waals surface area (Å²) in [6.07, 6.45) is 0. The standard InChI is InChI=1S/C13H10Br2ClNO3S/c1-20-12-7-9(3-5-11(12)16)17-21(18,19)13-6-8(14)2-4-10(13)15/h2-7,17H,1H3. The maximum Gasteiger partial charge on any atom is 0.263 e. The van der Waals surface area contributed by atoms with Crippen molar-refractivity contribution >= 4 is 59.2 Å². The van der Waals surface area contributed by atoms with Gasteiger partial charge in [0.2, 0.25) is 0 Å². The summed E-state index contributed by atoms with van der Waals surface area (Å²) in [7, 11) is -2.27. The van der Waals surface area contributed by atoms with Crippen molar-refractivity contribution in [1.82, 2.24) is 0 Å². The number of sulfonamides is 1. The van der Waals surface area contributed by atoms with Crippen molar-refractivity contribution in [3.05, 3.63) is 50.4 Å². The van der Waals surface area contributed by atoms with Gasteiger partial charge in [-0.1, -0.05) is 27.5 Å². The van der Waals surface area contributed by atoms with E-state index in [1.807, 2.05) is 0 Å². The van der Waals surface area contributed by atoms with Crippen LogP contribution in [0.3, 0.4) is 0 Å². The van der Waals surface area contributed by atoms with Gasteiger partial charge in [-0.05, 0) is 46.3 Å². The molecule has 0 spiro atoms. The number of rotatable bonds is 4. The average Bonchev–Trinajstić information content (AvgIpc) is 2.43. The van der Waals surface area contributed by atoms with E-state index in [1.54, 1.807) is 24.3 Å². The van der Waals surface area contributed by atoms with Crippen LogP contribution in [0, 0.1) is 0 Å². The molecular weight excluding hydrogens is 445 g/mol. The van der Waals surface area contributed by atoms with E-state index in [4.69, 9.17) is 16.3 Å². The number of ether oxygens (including phenoxy) is 1. The predicted octanol–water partition coefficient (Wildman–Crippen LogP) is 4.67. The Hall–Kier alpha value is -0.760. The van der Waals surface area contributed by atoms with Crippen LogP contribution in [0.25, 0.3) is 0 Å². The predicted molar refractivity (Wildman–Crippen MR) is 90.7 cm³/mol. The molecule has 1 N–H and O–H groups in total. The Morgan fingerprint density at radius 3 is 2.52 bits per heavy atom. The highest BCUT2D eigenvalue weighted by Crippen LogP contribution is 2.31. The Bertz CT molecular complexity index is 781. The van der Waals surface area contributed by atoms with Crippen LogP contribution < -0.4 is 9.46 Å². The topological polar surface area (TPSA) is 55.4 Å². The Morgan fingerprint density at radius 2 is 1.86 bits per heavy atom. The maximum absolute atomic E-state index is 12.4. The summed E-state index contributed by atoms with van der Waals surface area (Å²) in [5, 5.41) is 0.407. The van der Waals surface area contributed by atoms with Gasteiger partial charge >= 0.3 is 0 Å². The second-order valence-corrected chi connectivity index (χ2v) is 7.86. The molecule has 0 heterocycles. The lowest BCUT2D eigenvalue weighted by Crippen LogP contribution is -2.13. The maximum atomic E-state index is 12.4. The van der Waals surface area contributed by atoms with Crippen LogP contribution in [0.5, 0.6) is 5.75 Å². The molecule has 0 aromatic heterocycles. The summed E-state index contributed by atoms with van der Waals surface area (Å²) in [4.78, 5) is 0.130. The molecule has 0 saturated heterocycles. The molecule has 0 saturated carbocycles. The van der Waals surface area contributed by atoms with E-state index in [9.17, 15) is 8.42 Å². The quantitative estimate of drug-likeness (QED) is 0.729. The summed E-state index contributed by atoms with van der Waals surface area (Å²) in [5.41, 5.74) is 0.364. The van der Waals surface area contributed by atoms with Crippen LogP contribution in [0.1, 0.15) is 0 Å². The lowest BCUT2D eigenvalue weighted by molar-refractivity contribution is 0.415. The first kappa shape index (κ1) is 16.6.